The van der Waals surface area contributed by atoms with Crippen LogP contribution in [0.1, 0.15) is 32.3 Å². The highest BCUT2D eigenvalue weighted by Gasteiger charge is 2.48. The summed E-state index contributed by atoms with van der Waals surface area (Å²) in [5.74, 6) is 5.08. The molecular weight excluding hydrogens is 374 g/mol. The van der Waals surface area contributed by atoms with Gasteiger partial charge in [0.25, 0.3) is 5.91 Å². The number of carbonyl (C=O) groups excluding carboxylic acids is 2. The molecule has 0 aliphatic carbocycles. The highest BCUT2D eigenvalue weighted by atomic mass is 32.2. The molecule has 10 heteroatoms. The van der Waals surface area contributed by atoms with Gasteiger partial charge in [-0.25, -0.2) is 23.7 Å². The van der Waals surface area contributed by atoms with Crippen molar-refractivity contribution < 1.29 is 28.0 Å². The topological polar surface area (TPSA) is 126 Å². The monoisotopic (exact) mass is 395 g/mol. The molecule has 1 aliphatic rings. The second kappa shape index (κ2) is 7.94. The van der Waals surface area contributed by atoms with Crippen molar-refractivity contribution in [1.29, 1.82) is 0 Å². The van der Waals surface area contributed by atoms with E-state index in [-0.39, 0.29) is 13.0 Å². The molecule has 1 saturated heterocycles. The molecule has 0 radical (unpaired) electrons. The predicted molar refractivity (Wildman–Crippen MR) is 96.8 cm³/mol. The van der Waals surface area contributed by atoms with E-state index in [1.54, 1.807) is 12.1 Å². The van der Waals surface area contributed by atoms with E-state index in [1.807, 2.05) is 6.92 Å². The van der Waals surface area contributed by atoms with E-state index in [2.05, 4.69) is 16.8 Å². The Labute approximate surface area is 157 Å². The first-order valence-electron chi connectivity index (χ1n) is 8.19. The molecule has 1 aromatic rings. The molecule has 0 aromatic carbocycles. The van der Waals surface area contributed by atoms with E-state index in [0.717, 1.165) is 6.26 Å². The maximum absolute atomic E-state index is 12.2. The molecule has 0 spiro atoms. The average Bonchev–Trinajstić information content (AvgIpc) is 2.98. The summed E-state index contributed by atoms with van der Waals surface area (Å²) in [5, 5.41) is 8.87. The summed E-state index contributed by atoms with van der Waals surface area (Å²) in [7, 11) is -3.89. The van der Waals surface area contributed by atoms with Gasteiger partial charge in [-0.05, 0) is 19.1 Å². The minimum atomic E-state index is -3.89. The van der Waals surface area contributed by atoms with Gasteiger partial charge in [0.2, 0.25) is 0 Å². The highest BCUT2D eigenvalue weighted by Crippen LogP contribution is 2.29. The Morgan fingerprint density at radius 2 is 2.22 bits per heavy atom. The first-order chi connectivity index (χ1) is 12.6. The van der Waals surface area contributed by atoms with E-state index in [4.69, 9.17) is 9.94 Å². The normalized spacial score (nSPS) is 18.9. The number of pyridine rings is 1. The summed E-state index contributed by atoms with van der Waals surface area (Å²) in [5.41, 5.74) is 2.07. The third kappa shape index (κ3) is 4.37. The van der Waals surface area contributed by atoms with Gasteiger partial charge in [-0.2, -0.15) is 0 Å². The SMILES string of the molecule is CCC#Cc1ccc(N2CC(CC(C)(C(=O)NO)S(C)(=O)=O)OC2=O)nc1. The van der Waals surface area contributed by atoms with Crippen LogP contribution in [0, 0.1) is 11.8 Å². The number of nitrogens with zero attached hydrogens (tertiary/aromatic N) is 2. The number of amides is 2. The van der Waals surface area contributed by atoms with E-state index < -0.39 is 32.7 Å². The van der Waals surface area contributed by atoms with Crippen LogP contribution < -0.4 is 10.4 Å². The zero-order valence-electron chi connectivity index (χ0n) is 15.2. The Bertz CT molecular complexity index is 887. The molecule has 2 amide bonds. The van der Waals surface area contributed by atoms with Crippen molar-refractivity contribution in [3.63, 3.8) is 0 Å². The molecule has 2 rings (SSSR count). The van der Waals surface area contributed by atoms with Gasteiger partial charge in [0.05, 0.1) is 6.54 Å². The average molecular weight is 395 g/mol. The number of carbonyl (C=O) groups is 2. The van der Waals surface area contributed by atoms with Crippen molar-refractivity contribution in [1.82, 2.24) is 10.5 Å². The van der Waals surface area contributed by atoms with Gasteiger partial charge in [-0.1, -0.05) is 18.8 Å². The quantitative estimate of drug-likeness (QED) is 0.430. The number of anilines is 1. The van der Waals surface area contributed by atoms with E-state index in [0.29, 0.717) is 17.8 Å². The Morgan fingerprint density at radius 1 is 1.52 bits per heavy atom. The fraction of sp³-hybridized carbons (Fsp3) is 0.471. The molecular formula is C17H21N3O6S. The lowest BCUT2D eigenvalue weighted by Gasteiger charge is -2.26. The van der Waals surface area contributed by atoms with E-state index in [9.17, 15) is 18.0 Å². The van der Waals surface area contributed by atoms with Crippen LogP contribution in [0.15, 0.2) is 18.3 Å². The molecule has 2 atom stereocenters. The summed E-state index contributed by atoms with van der Waals surface area (Å²) in [6.45, 7) is 3.12. The third-order valence-corrected chi connectivity index (χ3v) is 6.31. The van der Waals surface area contributed by atoms with Crippen LogP contribution in [0.3, 0.4) is 0 Å². The number of nitrogens with one attached hydrogen (secondary N) is 1. The maximum Gasteiger partial charge on any atom is 0.415 e. The number of sulfone groups is 1. The first-order valence-corrected chi connectivity index (χ1v) is 10.1. The fourth-order valence-electron chi connectivity index (χ4n) is 2.59. The molecule has 2 unspecified atom stereocenters. The largest absolute Gasteiger partial charge is 0.444 e. The smallest absolute Gasteiger partial charge is 0.415 e. The standard InChI is InChI=1S/C17H21N3O6S/c1-4-5-6-12-7-8-14(18-10-12)20-11-13(26-16(20)22)9-17(2,15(21)19-23)27(3,24)25/h7-8,10,13,23H,4,9,11H2,1-3H3,(H,19,21). The fourth-order valence-corrected chi connectivity index (χ4v) is 3.46. The lowest BCUT2D eigenvalue weighted by atomic mass is 10.0. The second-order valence-corrected chi connectivity index (χ2v) is 8.77. The zero-order chi connectivity index (χ0) is 20.2. The molecule has 1 fully saturated rings. The third-order valence-electron chi connectivity index (χ3n) is 4.33. The molecule has 0 saturated carbocycles. The summed E-state index contributed by atoms with van der Waals surface area (Å²) >= 11 is 0. The summed E-state index contributed by atoms with van der Waals surface area (Å²) in [6, 6.07) is 3.32. The Morgan fingerprint density at radius 3 is 2.74 bits per heavy atom. The molecule has 9 nitrogen and oxygen atoms in total. The molecule has 2 heterocycles. The molecule has 146 valence electrons. The van der Waals surface area contributed by atoms with E-state index >= 15 is 0 Å². The van der Waals surface area contributed by atoms with Crippen molar-refractivity contribution in [3.05, 3.63) is 23.9 Å². The number of hydrogen-bond acceptors (Lipinski definition) is 7. The van der Waals surface area contributed by atoms with Crippen LogP contribution >= 0.6 is 0 Å². The summed E-state index contributed by atoms with van der Waals surface area (Å²) in [4.78, 5) is 29.5. The number of cyclic esters (lactones) is 1. The maximum atomic E-state index is 12.2. The molecule has 2 N–H and O–H groups in total. The van der Waals surface area contributed by atoms with Gasteiger partial charge in [-0.15, -0.1) is 0 Å². The molecule has 1 aromatic heterocycles. The Balaban J connectivity index is 2.18. The minimum Gasteiger partial charge on any atom is -0.444 e. The van der Waals surface area contributed by atoms with Crippen molar-refractivity contribution in [2.75, 3.05) is 17.7 Å². The van der Waals surface area contributed by atoms with Crippen LogP contribution in [0.2, 0.25) is 0 Å². The van der Waals surface area contributed by atoms with Crippen LogP contribution in [-0.4, -0.2) is 54.3 Å². The van der Waals surface area contributed by atoms with Crippen LogP contribution in [-0.2, 0) is 19.4 Å². The molecule has 27 heavy (non-hydrogen) atoms. The van der Waals surface area contributed by atoms with Gasteiger partial charge in [-0.3, -0.25) is 14.9 Å². The van der Waals surface area contributed by atoms with Gasteiger partial charge >= 0.3 is 6.09 Å². The second-order valence-electron chi connectivity index (χ2n) is 6.32. The molecule has 1 aliphatic heterocycles. The van der Waals surface area contributed by atoms with Gasteiger partial charge < -0.3 is 4.74 Å². The van der Waals surface area contributed by atoms with Crippen LogP contribution in [0.4, 0.5) is 10.6 Å². The van der Waals surface area contributed by atoms with Crippen molar-refractivity contribution in [2.24, 2.45) is 0 Å². The lowest BCUT2D eigenvalue weighted by Crippen LogP contribution is -2.51. The van der Waals surface area contributed by atoms with E-state index in [1.165, 1.54) is 23.5 Å². The van der Waals surface area contributed by atoms with Crippen LogP contribution in [0.25, 0.3) is 0 Å². The van der Waals surface area contributed by atoms with Crippen molar-refractivity contribution >= 4 is 27.7 Å². The Hall–Kier alpha value is -2.64. The number of hydroxylamine groups is 1. The number of ether oxygens (including phenoxy) is 1. The van der Waals surface area contributed by atoms with Crippen molar-refractivity contribution in [2.45, 2.75) is 37.5 Å². The number of hydrogen-bond donors (Lipinski definition) is 2. The molecule has 0 bridgehead atoms. The van der Waals surface area contributed by atoms with Gasteiger partial charge in [0, 0.05) is 30.9 Å². The lowest BCUT2D eigenvalue weighted by molar-refractivity contribution is -0.132. The first kappa shape index (κ1) is 20.7. The highest BCUT2D eigenvalue weighted by molar-refractivity contribution is 7.92. The zero-order valence-corrected chi connectivity index (χ0v) is 16.0. The van der Waals surface area contributed by atoms with Gasteiger partial charge in [0.15, 0.2) is 14.6 Å². The predicted octanol–water partition coefficient (Wildman–Crippen LogP) is 0.867. The summed E-state index contributed by atoms with van der Waals surface area (Å²) < 4.78 is 27.3. The Kier molecular flexibility index (Phi) is 6.08. The van der Waals surface area contributed by atoms with Crippen LogP contribution in [0.5, 0.6) is 0 Å². The summed E-state index contributed by atoms with van der Waals surface area (Å²) in [6.07, 6.45) is 1.26. The van der Waals surface area contributed by atoms with Crippen molar-refractivity contribution in [3.8, 4) is 11.8 Å². The number of rotatable bonds is 5. The minimum absolute atomic E-state index is 0.0234. The van der Waals surface area contributed by atoms with Gasteiger partial charge in [0.1, 0.15) is 11.9 Å². The number of aromatic nitrogens is 1.